The second-order valence-corrected chi connectivity index (χ2v) is 6.64. The first-order valence-electron chi connectivity index (χ1n) is 8.50. The van der Waals surface area contributed by atoms with Gasteiger partial charge in [0.2, 0.25) is 5.88 Å². The van der Waals surface area contributed by atoms with Gasteiger partial charge in [-0.25, -0.2) is 4.98 Å². The van der Waals surface area contributed by atoms with Crippen LogP contribution >= 0.6 is 0 Å². The Morgan fingerprint density at radius 2 is 2.05 bits per heavy atom. The van der Waals surface area contributed by atoms with Gasteiger partial charge in [-0.3, -0.25) is 0 Å². The zero-order valence-corrected chi connectivity index (χ0v) is 13.8. The Morgan fingerprint density at radius 3 is 2.71 bits per heavy atom. The van der Waals surface area contributed by atoms with Crippen LogP contribution in [0.1, 0.15) is 57.7 Å². The van der Waals surface area contributed by atoms with Crippen molar-refractivity contribution in [2.75, 3.05) is 13.2 Å². The van der Waals surface area contributed by atoms with E-state index in [0.717, 1.165) is 43.6 Å². The summed E-state index contributed by atoms with van der Waals surface area (Å²) in [5.74, 6) is 2.22. The predicted octanol–water partition coefficient (Wildman–Crippen LogP) is 3.96. The highest BCUT2D eigenvalue weighted by Crippen LogP contribution is 2.25. The van der Waals surface area contributed by atoms with Gasteiger partial charge in [0.1, 0.15) is 0 Å². The van der Waals surface area contributed by atoms with Gasteiger partial charge in [-0.2, -0.15) is 0 Å². The topological polar surface area (TPSA) is 34.1 Å². The molecule has 0 amide bonds. The molecule has 0 saturated heterocycles. The number of hydrogen-bond acceptors (Lipinski definition) is 3. The van der Waals surface area contributed by atoms with Crippen LogP contribution in [-0.2, 0) is 13.0 Å². The van der Waals surface area contributed by atoms with E-state index in [9.17, 15) is 0 Å². The van der Waals surface area contributed by atoms with Crippen LogP contribution < -0.4 is 10.1 Å². The summed E-state index contributed by atoms with van der Waals surface area (Å²) in [5.41, 5.74) is 2.41. The second kappa shape index (κ2) is 8.38. The van der Waals surface area contributed by atoms with Crippen molar-refractivity contribution in [1.29, 1.82) is 0 Å². The maximum Gasteiger partial charge on any atom is 0.213 e. The molecule has 1 aromatic rings. The molecule has 0 aromatic carbocycles. The Kier molecular flexibility index (Phi) is 6.50. The SMILES string of the molecule is CCc1cc(CNCC(C)C)cc(OCC2CCCC2)n1. The summed E-state index contributed by atoms with van der Waals surface area (Å²) in [6.45, 7) is 9.38. The van der Waals surface area contributed by atoms with E-state index in [1.165, 1.54) is 31.2 Å². The number of aryl methyl sites for hydroxylation is 1. The molecule has 21 heavy (non-hydrogen) atoms. The van der Waals surface area contributed by atoms with Crippen LogP contribution in [0.25, 0.3) is 0 Å². The van der Waals surface area contributed by atoms with Gasteiger partial charge < -0.3 is 10.1 Å². The lowest BCUT2D eigenvalue weighted by molar-refractivity contribution is 0.242. The molecule has 1 N–H and O–H groups in total. The highest BCUT2D eigenvalue weighted by molar-refractivity contribution is 5.25. The second-order valence-electron chi connectivity index (χ2n) is 6.64. The van der Waals surface area contributed by atoms with Crippen LogP contribution in [0, 0.1) is 11.8 Å². The van der Waals surface area contributed by atoms with E-state index in [2.05, 4.69) is 43.2 Å². The van der Waals surface area contributed by atoms with Crippen LogP contribution in [0.2, 0.25) is 0 Å². The summed E-state index contributed by atoms with van der Waals surface area (Å²) >= 11 is 0. The fourth-order valence-electron chi connectivity index (χ4n) is 2.86. The van der Waals surface area contributed by atoms with Gasteiger partial charge in [0.15, 0.2) is 0 Å². The zero-order valence-electron chi connectivity index (χ0n) is 13.8. The summed E-state index contributed by atoms with van der Waals surface area (Å²) in [6, 6.07) is 4.29. The first kappa shape index (κ1) is 16.3. The van der Waals surface area contributed by atoms with Gasteiger partial charge >= 0.3 is 0 Å². The molecule has 3 nitrogen and oxygen atoms in total. The van der Waals surface area contributed by atoms with E-state index >= 15 is 0 Å². The number of nitrogens with one attached hydrogen (secondary N) is 1. The standard InChI is InChI=1S/C18H30N2O/c1-4-17-9-16(12-19-11-14(2)3)10-18(20-17)21-13-15-7-5-6-8-15/h9-10,14-15,19H,4-8,11-13H2,1-3H3. The molecule has 1 aliphatic rings. The van der Waals surface area contributed by atoms with Crippen molar-refractivity contribution in [1.82, 2.24) is 10.3 Å². The van der Waals surface area contributed by atoms with Crippen LogP contribution in [0.5, 0.6) is 5.88 Å². The van der Waals surface area contributed by atoms with E-state index in [0.29, 0.717) is 5.92 Å². The number of ether oxygens (including phenoxy) is 1. The van der Waals surface area contributed by atoms with Crippen molar-refractivity contribution >= 4 is 0 Å². The molecule has 0 radical (unpaired) electrons. The molecule has 0 atom stereocenters. The van der Waals surface area contributed by atoms with Gasteiger partial charge in [-0.15, -0.1) is 0 Å². The number of hydrogen-bond donors (Lipinski definition) is 1. The van der Waals surface area contributed by atoms with Crippen LogP contribution in [0.4, 0.5) is 0 Å². The van der Waals surface area contributed by atoms with Crippen LogP contribution in [-0.4, -0.2) is 18.1 Å². The third-order valence-electron chi connectivity index (χ3n) is 4.10. The van der Waals surface area contributed by atoms with Gasteiger partial charge in [-0.1, -0.05) is 33.6 Å². The first-order valence-corrected chi connectivity index (χ1v) is 8.50. The van der Waals surface area contributed by atoms with E-state index in [1.807, 2.05) is 0 Å². The summed E-state index contributed by atoms with van der Waals surface area (Å²) in [7, 11) is 0. The lowest BCUT2D eigenvalue weighted by Gasteiger charge is -2.13. The summed E-state index contributed by atoms with van der Waals surface area (Å²) < 4.78 is 5.96. The lowest BCUT2D eigenvalue weighted by atomic mass is 10.1. The largest absolute Gasteiger partial charge is 0.477 e. The summed E-state index contributed by atoms with van der Waals surface area (Å²) in [5, 5.41) is 3.49. The molecule has 0 aliphatic heterocycles. The average molecular weight is 290 g/mol. The zero-order chi connectivity index (χ0) is 15.1. The maximum absolute atomic E-state index is 5.96. The van der Waals surface area contributed by atoms with E-state index < -0.39 is 0 Å². The molecule has 0 bridgehead atoms. The molecule has 3 heteroatoms. The Bertz CT molecular complexity index is 425. The third-order valence-corrected chi connectivity index (χ3v) is 4.10. The number of rotatable bonds is 8. The number of aromatic nitrogens is 1. The third kappa shape index (κ3) is 5.66. The molecule has 0 spiro atoms. The minimum Gasteiger partial charge on any atom is -0.477 e. The van der Waals surface area contributed by atoms with Crippen molar-refractivity contribution in [2.45, 2.75) is 59.4 Å². The minimum absolute atomic E-state index is 0.676. The molecule has 1 heterocycles. The molecule has 2 rings (SSSR count). The van der Waals surface area contributed by atoms with Crippen molar-refractivity contribution in [3.63, 3.8) is 0 Å². The smallest absolute Gasteiger partial charge is 0.213 e. The van der Waals surface area contributed by atoms with Crippen LogP contribution in [0.3, 0.4) is 0 Å². The minimum atomic E-state index is 0.676. The van der Waals surface area contributed by atoms with E-state index in [4.69, 9.17) is 4.74 Å². The molecule has 1 saturated carbocycles. The van der Waals surface area contributed by atoms with Crippen LogP contribution in [0.15, 0.2) is 12.1 Å². The van der Waals surface area contributed by atoms with E-state index in [-0.39, 0.29) is 0 Å². The summed E-state index contributed by atoms with van der Waals surface area (Å²) in [4.78, 5) is 4.61. The molecule has 118 valence electrons. The number of pyridine rings is 1. The molecule has 1 aromatic heterocycles. The van der Waals surface area contributed by atoms with Gasteiger partial charge in [0, 0.05) is 18.3 Å². The van der Waals surface area contributed by atoms with Crippen molar-refractivity contribution in [3.05, 3.63) is 23.4 Å². The summed E-state index contributed by atoms with van der Waals surface area (Å²) in [6.07, 6.45) is 6.31. The average Bonchev–Trinajstić information content (AvgIpc) is 2.98. The maximum atomic E-state index is 5.96. The van der Waals surface area contributed by atoms with Gasteiger partial charge in [0.05, 0.1) is 6.61 Å². The fourth-order valence-corrected chi connectivity index (χ4v) is 2.86. The Balaban J connectivity index is 1.92. The first-order chi connectivity index (χ1) is 10.2. The monoisotopic (exact) mass is 290 g/mol. The van der Waals surface area contributed by atoms with Gasteiger partial charge in [-0.05, 0) is 49.3 Å². The highest BCUT2D eigenvalue weighted by Gasteiger charge is 2.16. The Morgan fingerprint density at radius 1 is 1.29 bits per heavy atom. The van der Waals surface area contributed by atoms with Crippen molar-refractivity contribution in [3.8, 4) is 5.88 Å². The van der Waals surface area contributed by atoms with Crippen molar-refractivity contribution < 1.29 is 4.74 Å². The Labute approximate surface area is 129 Å². The highest BCUT2D eigenvalue weighted by atomic mass is 16.5. The molecule has 1 aliphatic carbocycles. The molecular weight excluding hydrogens is 260 g/mol. The normalized spacial score (nSPS) is 15.8. The molecular formula is C18H30N2O. The number of nitrogens with zero attached hydrogens (tertiary/aromatic N) is 1. The van der Waals surface area contributed by atoms with E-state index in [1.54, 1.807) is 0 Å². The lowest BCUT2D eigenvalue weighted by Crippen LogP contribution is -2.19. The predicted molar refractivity (Wildman–Crippen MR) is 87.6 cm³/mol. The van der Waals surface area contributed by atoms with Gasteiger partial charge in [0.25, 0.3) is 0 Å². The molecule has 1 fully saturated rings. The van der Waals surface area contributed by atoms with Crippen molar-refractivity contribution in [2.24, 2.45) is 11.8 Å². The fraction of sp³-hybridized carbons (Fsp3) is 0.722. The Hall–Kier alpha value is -1.09. The quantitative estimate of drug-likeness (QED) is 0.787. The molecule has 0 unspecified atom stereocenters.